The van der Waals surface area contributed by atoms with Crippen molar-refractivity contribution in [1.29, 1.82) is 0 Å². The molecule has 184 valence electrons. The van der Waals surface area contributed by atoms with Crippen molar-refractivity contribution < 1.29 is 18.7 Å². The molecule has 0 unspecified atom stereocenters. The number of halogens is 1. The van der Waals surface area contributed by atoms with Crippen molar-refractivity contribution in [3.63, 3.8) is 0 Å². The van der Waals surface area contributed by atoms with E-state index in [1.807, 2.05) is 49.4 Å². The molecule has 2 heterocycles. The Labute approximate surface area is 208 Å². The summed E-state index contributed by atoms with van der Waals surface area (Å²) in [6, 6.07) is 19.0. The van der Waals surface area contributed by atoms with E-state index < -0.39 is 11.7 Å². The van der Waals surface area contributed by atoms with Crippen molar-refractivity contribution in [2.75, 3.05) is 43.5 Å². The Morgan fingerprint density at radius 2 is 1.64 bits per heavy atom. The van der Waals surface area contributed by atoms with Crippen molar-refractivity contribution in [2.45, 2.75) is 6.92 Å². The second kappa shape index (κ2) is 9.73. The van der Waals surface area contributed by atoms with Crippen molar-refractivity contribution >= 4 is 34.1 Å². The van der Waals surface area contributed by atoms with Crippen LogP contribution in [0.3, 0.4) is 0 Å². The van der Waals surface area contributed by atoms with Gasteiger partial charge in [0.15, 0.2) is 0 Å². The molecule has 0 spiro atoms. The molecule has 1 aliphatic heterocycles. The van der Waals surface area contributed by atoms with Crippen LogP contribution < -0.4 is 15.0 Å². The van der Waals surface area contributed by atoms with Crippen LogP contribution in [0.2, 0.25) is 0 Å². The summed E-state index contributed by atoms with van der Waals surface area (Å²) in [6.45, 7) is 4.43. The van der Waals surface area contributed by atoms with E-state index in [2.05, 4.69) is 15.2 Å². The summed E-state index contributed by atoms with van der Waals surface area (Å²) in [5.74, 6) is -0.195. The molecule has 1 aromatic heterocycles. The average molecular weight is 487 g/mol. The van der Waals surface area contributed by atoms with Gasteiger partial charge in [-0.2, -0.15) is 0 Å². The number of rotatable bonds is 5. The number of carbonyl (C=O) groups is 2. The fraction of sp³-hybridized carbons (Fsp3) is 0.214. The molecule has 7 nitrogen and oxygen atoms in total. The quantitative estimate of drug-likeness (QED) is 0.423. The number of aryl methyl sites for hydroxylation is 1. The molecule has 1 saturated heterocycles. The van der Waals surface area contributed by atoms with Crippen LogP contribution in [0.25, 0.3) is 10.9 Å². The van der Waals surface area contributed by atoms with E-state index in [0.717, 1.165) is 27.9 Å². The lowest BCUT2D eigenvalue weighted by Crippen LogP contribution is -2.49. The molecule has 2 amide bonds. The molecular weight excluding hydrogens is 459 g/mol. The molecule has 0 saturated carbocycles. The van der Waals surface area contributed by atoms with Gasteiger partial charge < -0.3 is 24.8 Å². The van der Waals surface area contributed by atoms with Crippen LogP contribution in [0.15, 0.2) is 66.7 Å². The monoisotopic (exact) mass is 486 g/mol. The Morgan fingerprint density at radius 1 is 0.944 bits per heavy atom. The van der Waals surface area contributed by atoms with Gasteiger partial charge in [0.25, 0.3) is 11.8 Å². The summed E-state index contributed by atoms with van der Waals surface area (Å²) in [6.07, 6.45) is 0. The molecule has 0 aliphatic carbocycles. The van der Waals surface area contributed by atoms with Gasteiger partial charge in [0.2, 0.25) is 0 Å². The fourth-order valence-electron chi connectivity index (χ4n) is 4.50. The number of aromatic amines is 1. The number of methoxy groups -OCH3 is 1. The second-order valence-electron chi connectivity index (χ2n) is 8.86. The third kappa shape index (κ3) is 4.62. The van der Waals surface area contributed by atoms with Gasteiger partial charge in [-0.3, -0.25) is 9.59 Å². The van der Waals surface area contributed by atoms with Gasteiger partial charge in [0.05, 0.1) is 12.8 Å². The number of hydrogen-bond donors (Lipinski definition) is 2. The lowest BCUT2D eigenvalue weighted by molar-refractivity contribution is 0.0743. The molecule has 4 aromatic rings. The van der Waals surface area contributed by atoms with Gasteiger partial charge in [0, 0.05) is 48.3 Å². The number of fused-ring (bicyclic) bond motifs is 1. The van der Waals surface area contributed by atoms with E-state index in [9.17, 15) is 14.0 Å². The third-order valence-electron chi connectivity index (χ3n) is 6.52. The molecule has 8 heteroatoms. The topological polar surface area (TPSA) is 77.7 Å². The maximum atomic E-state index is 13.6. The Bertz CT molecular complexity index is 1410. The van der Waals surface area contributed by atoms with Gasteiger partial charge in [-0.05, 0) is 67.6 Å². The molecule has 1 fully saturated rings. The first-order chi connectivity index (χ1) is 17.4. The number of benzene rings is 3. The molecule has 5 rings (SSSR count). The first-order valence-corrected chi connectivity index (χ1v) is 11.8. The van der Waals surface area contributed by atoms with Crippen molar-refractivity contribution in [1.82, 2.24) is 9.88 Å². The fourth-order valence-corrected chi connectivity index (χ4v) is 4.50. The zero-order chi connectivity index (χ0) is 25.2. The van der Waals surface area contributed by atoms with Crippen molar-refractivity contribution in [3.05, 3.63) is 89.4 Å². The van der Waals surface area contributed by atoms with Gasteiger partial charge in [0.1, 0.15) is 17.3 Å². The minimum Gasteiger partial charge on any atom is -0.497 e. The zero-order valence-electron chi connectivity index (χ0n) is 20.2. The molecule has 0 bridgehead atoms. The van der Waals surface area contributed by atoms with Crippen LogP contribution in [0.1, 0.15) is 26.4 Å². The number of aromatic nitrogens is 1. The largest absolute Gasteiger partial charge is 0.497 e. The van der Waals surface area contributed by atoms with Gasteiger partial charge >= 0.3 is 0 Å². The molecule has 0 radical (unpaired) electrons. The zero-order valence-corrected chi connectivity index (χ0v) is 20.2. The normalized spacial score (nSPS) is 13.6. The van der Waals surface area contributed by atoms with Crippen LogP contribution in [0, 0.1) is 12.7 Å². The number of ether oxygens (including phenoxy) is 1. The van der Waals surface area contributed by atoms with Crippen LogP contribution in [-0.4, -0.2) is 55.0 Å². The van der Waals surface area contributed by atoms with Gasteiger partial charge in [-0.25, -0.2) is 4.39 Å². The van der Waals surface area contributed by atoms with E-state index >= 15 is 0 Å². The minimum absolute atomic E-state index is 0.173. The highest BCUT2D eigenvalue weighted by atomic mass is 19.1. The van der Waals surface area contributed by atoms with Gasteiger partial charge in [-0.1, -0.05) is 11.6 Å². The smallest absolute Gasteiger partial charge is 0.272 e. The predicted octanol–water partition coefficient (Wildman–Crippen LogP) is 4.84. The number of H-pyrrole nitrogens is 1. The first kappa shape index (κ1) is 23.4. The number of amides is 2. The summed E-state index contributed by atoms with van der Waals surface area (Å²) in [7, 11) is 1.64. The van der Waals surface area contributed by atoms with E-state index in [0.29, 0.717) is 43.1 Å². The Kier molecular flexibility index (Phi) is 6.33. The van der Waals surface area contributed by atoms with E-state index in [1.165, 1.54) is 24.3 Å². The standard InChI is InChI=1S/C28H27FN4O3/c1-18-3-12-24-23(17-18)25(31-27(34)19-4-6-20(29)7-5-19)26(30-24)28(35)33-15-13-32(14-16-33)21-8-10-22(36-2)11-9-21/h3-12,17,30H,13-16H2,1-2H3,(H,31,34). The van der Waals surface area contributed by atoms with Crippen molar-refractivity contribution in [2.24, 2.45) is 0 Å². The number of nitrogens with one attached hydrogen (secondary N) is 2. The minimum atomic E-state index is -0.418. The highest BCUT2D eigenvalue weighted by molar-refractivity contribution is 6.15. The summed E-state index contributed by atoms with van der Waals surface area (Å²) in [5, 5.41) is 3.65. The lowest BCUT2D eigenvalue weighted by atomic mass is 10.1. The molecular formula is C28H27FN4O3. The maximum absolute atomic E-state index is 13.6. The molecule has 0 atom stereocenters. The molecule has 2 N–H and O–H groups in total. The van der Waals surface area contributed by atoms with Crippen LogP contribution in [0.5, 0.6) is 5.75 Å². The second-order valence-corrected chi connectivity index (χ2v) is 8.86. The molecule has 3 aromatic carbocycles. The highest BCUT2D eigenvalue weighted by Crippen LogP contribution is 2.31. The Morgan fingerprint density at radius 3 is 2.31 bits per heavy atom. The number of hydrogen-bond acceptors (Lipinski definition) is 4. The predicted molar refractivity (Wildman–Crippen MR) is 138 cm³/mol. The summed E-state index contributed by atoms with van der Waals surface area (Å²) < 4.78 is 18.6. The molecule has 36 heavy (non-hydrogen) atoms. The average Bonchev–Trinajstić information content (AvgIpc) is 3.26. The van der Waals surface area contributed by atoms with Crippen LogP contribution >= 0.6 is 0 Å². The molecule has 1 aliphatic rings. The maximum Gasteiger partial charge on any atom is 0.272 e. The number of anilines is 2. The van der Waals surface area contributed by atoms with E-state index in [-0.39, 0.29) is 5.91 Å². The highest BCUT2D eigenvalue weighted by Gasteiger charge is 2.27. The third-order valence-corrected chi connectivity index (χ3v) is 6.52. The number of carbonyl (C=O) groups excluding carboxylic acids is 2. The Balaban J connectivity index is 1.38. The van der Waals surface area contributed by atoms with E-state index in [4.69, 9.17) is 4.74 Å². The Hall–Kier alpha value is -4.33. The lowest BCUT2D eigenvalue weighted by Gasteiger charge is -2.36. The summed E-state index contributed by atoms with van der Waals surface area (Å²) in [5.41, 5.74) is 3.93. The van der Waals surface area contributed by atoms with Gasteiger partial charge in [-0.15, -0.1) is 0 Å². The van der Waals surface area contributed by atoms with Crippen LogP contribution in [-0.2, 0) is 0 Å². The van der Waals surface area contributed by atoms with E-state index in [1.54, 1.807) is 12.0 Å². The van der Waals surface area contributed by atoms with Crippen molar-refractivity contribution in [3.8, 4) is 5.75 Å². The SMILES string of the molecule is COc1ccc(N2CCN(C(=O)c3[nH]c4ccc(C)cc4c3NC(=O)c3ccc(F)cc3)CC2)cc1. The summed E-state index contributed by atoms with van der Waals surface area (Å²) in [4.78, 5) is 33.8. The number of piperazine rings is 1. The number of nitrogens with zero attached hydrogens (tertiary/aromatic N) is 2. The first-order valence-electron chi connectivity index (χ1n) is 11.8. The van der Waals surface area contributed by atoms with Crippen LogP contribution in [0.4, 0.5) is 15.8 Å². The summed E-state index contributed by atoms with van der Waals surface area (Å²) >= 11 is 0.